The summed E-state index contributed by atoms with van der Waals surface area (Å²) in [6.07, 6.45) is 3.44. The van der Waals surface area contributed by atoms with Gasteiger partial charge in [-0.2, -0.15) is 5.10 Å². The lowest BCUT2D eigenvalue weighted by molar-refractivity contribution is 0.262. The second kappa shape index (κ2) is 8.74. The highest BCUT2D eigenvalue weighted by molar-refractivity contribution is 6.00. The van der Waals surface area contributed by atoms with Gasteiger partial charge < -0.3 is 20.1 Å². The minimum absolute atomic E-state index is 0.348. The van der Waals surface area contributed by atoms with Crippen LogP contribution in [0.5, 0.6) is 17.4 Å². The number of carbonyl (C=O) groups excluding carboxylic acids is 1. The SMILES string of the molecule is COc1ccccc1NC(=O)Nc1ccc(Oc2ccc(-n3cccn3)nn2)cc1. The van der Waals surface area contributed by atoms with Crippen LogP contribution in [0.3, 0.4) is 0 Å². The molecular weight excluding hydrogens is 384 g/mol. The number of hydrogen-bond donors (Lipinski definition) is 2. The summed E-state index contributed by atoms with van der Waals surface area (Å²) in [6, 6.07) is 19.0. The van der Waals surface area contributed by atoms with Crippen molar-refractivity contribution in [2.75, 3.05) is 17.7 Å². The highest BCUT2D eigenvalue weighted by Crippen LogP contribution is 2.24. The Morgan fingerprint density at radius 3 is 2.47 bits per heavy atom. The van der Waals surface area contributed by atoms with Crippen LogP contribution in [0.15, 0.2) is 79.1 Å². The number of nitrogens with zero attached hydrogens (tertiary/aromatic N) is 4. The van der Waals surface area contributed by atoms with Crippen LogP contribution < -0.4 is 20.1 Å². The molecule has 4 rings (SSSR count). The summed E-state index contributed by atoms with van der Waals surface area (Å²) in [7, 11) is 1.55. The number of nitrogens with one attached hydrogen (secondary N) is 2. The fourth-order valence-corrected chi connectivity index (χ4v) is 2.65. The van der Waals surface area contributed by atoms with Crippen LogP contribution >= 0.6 is 0 Å². The maximum absolute atomic E-state index is 12.2. The Morgan fingerprint density at radius 2 is 1.77 bits per heavy atom. The summed E-state index contributed by atoms with van der Waals surface area (Å²) in [5.41, 5.74) is 1.18. The zero-order chi connectivity index (χ0) is 20.8. The van der Waals surface area contributed by atoms with Gasteiger partial charge in [0, 0.05) is 24.1 Å². The lowest BCUT2D eigenvalue weighted by Gasteiger charge is -2.11. The number of methoxy groups -OCH3 is 1. The van der Waals surface area contributed by atoms with Crippen molar-refractivity contribution < 1.29 is 14.3 Å². The predicted molar refractivity (Wildman–Crippen MR) is 111 cm³/mol. The first kappa shape index (κ1) is 18.9. The first-order valence-electron chi connectivity index (χ1n) is 9.04. The van der Waals surface area contributed by atoms with E-state index in [0.29, 0.717) is 34.6 Å². The molecule has 0 aliphatic carbocycles. The van der Waals surface area contributed by atoms with Crippen molar-refractivity contribution in [2.24, 2.45) is 0 Å². The van der Waals surface area contributed by atoms with Gasteiger partial charge >= 0.3 is 6.03 Å². The molecule has 2 aromatic carbocycles. The molecule has 0 unspecified atom stereocenters. The van der Waals surface area contributed by atoms with Crippen molar-refractivity contribution in [1.82, 2.24) is 20.0 Å². The lowest BCUT2D eigenvalue weighted by Crippen LogP contribution is -2.19. The molecule has 2 amide bonds. The molecule has 0 bridgehead atoms. The molecule has 0 atom stereocenters. The number of urea groups is 1. The van der Waals surface area contributed by atoms with Gasteiger partial charge in [-0.1, -0.05) is 12.1 Å². The number of anilines is 2. The predicted octanol–water partition coefficient (Wildman–Crippen LogP) is 4.11. The Morgan fingerprint density at radius 1 is 0.933 bits per heavy atom. The largest absolute Gasteiger partial charge is 0.495 e. The number of amides is 2. The smallest absolute Gasteiger partial charge is 0.323 e. The Kier molecular flexibility index (Phi) is 5.52. The van der Waals surface area contributed by atoms with Gasteiger partial charge in [0.15, 0.2) is 5.82 Å². The standard InChI is InChI=1S/C21H18N6O3/c1-29-18-6-3-2-5-17(18)24-21(28)23-15-7-9-16(10-8-15)30-20-12-11-19(25-26-20)27-14-4-13-22-27/h2-14H,1H3,(H2,23,24,28). The zero-order valence-electron chi connectivity index (χ0n) is 16.0. The molecule has 0 saturated carbocycles. The monoisotopic (exact) mass is 402 g/mol. The van der Waals surface area contributed by atoms with Gasteiger partial charge in [-0.3, -0.25) is 0 Å². The second-order valence-electron chi connectivity index (χ2n) is 6.09. The fraction of sp³-hybridized carbons (Fsp3) is 0.0476. The van der Waals surface area contributed by atoms with Gasteiger partial charge in [-0.25, -0.2) is 9.48 Å². The first-order chi connectivity index (χ1) is 14.7. The van der Waals surface area contributed by atoms with E-state index in [1.54, 1.807) is 78.8 Å². The van der Waals surface area contributed by atoms with Gasteiger partial charge in [-0.05, 0) is 48.5 Å². The van der Waals surface area contributed by atoms with Crippen LogP contribution in [0.1, 0.15) is 0 Å². The average Bonchev–Trinajstić information content (AvgIpc) is 3.31. The van der Waals surface area contributed by atoms with Crippen molar-refractivity contribution in [3.8, 4) is 23.2 Å². The molecule has 0 saturated heterocycles. The Bertz CT molecular complexity index is 1110. The molecule has 0 aliphatic heterocycles. The van der Waals surface area contributed by atoms with Crippen molar-refractivity contribution in [2.45, 2.75) is 0 Å². The van der Waals surface area contributed by atoms with Crippen molar-refractivity contribution in [3.63, 3.8) is 0 Å². The number of hydrogen-bond acceptors (Lipinski definition) is 6. The molecule has 0 aliphatic rings. The number of carbonyl (C=O) groups is 1. The Hall–Kier alpha value is -4.40. The summed E-state index contributed by atoms with van der Waals surface area (Å²) >= 11 is 0. The average molecular weight is 402 g/mol. The zero-order valence-corrected chi connectivity index (χ0v) is 16.0. The molecule has 30 heavy (non-hydrogen) atoms. The van der Waals surface area contributed by atoms with Crippen molar-refractivity contribution >= 4 is 17.4 Å². The summed E-state index contributed by atoms with van der Waals surface area (Å²) < 4.78 is 12.5. The molecule has 0 radical (unpaired) electrons. The van der Waals surface area contributed by atoms with Gasteiger partial charge in [0.1, 0.15) is 11.5 Å². The van der Waals surface area contributed by atoms with Crippen LogP contribution in [-0.4, -0.2) is 33.1 Å². The minimum atomic E-state index is -0.381. The van der Waals surface area contributed by atoms with E-state index >= 15 is 0 Å². The van der Waals surface area contributed by atoms with E-state index < -0.39 is 0 Å². The van der Waals surface area contributed by atoms with Crippen molar-refractivity contribution in [3.05, 3.63) is 79.1 Å². The number of para-hydroxylation sites is 2. The topological polar surface area (TPSA) is 103 Å². The Balaban J connectivity index is 1.35. The van der Waals surface area contributed by atoms with Crippen LogP contribution in [-0.2, 0) is 0 Å². The third-order valence-corrected chi connectivity index (χ3v) is 4.05. The molecule has 2 N–H and O–H groups in total. The van der Waals surface area contributed by atoms with Gasteiger partial charge in [0.25, 0.3) is 0 Å². The van der Waals surface area contributed by atoms with E-state index in [9.17, 15) is 4.79 Å². The first-order valence-corrected chi connectivity index (χ1v) is 9.04. The van der Waals surface area contributed by atoms with E-state index in [0.717, 1.165) is 0 Å². The normalized spacial score (nSPS) is 10.3. The fourth-order valence-electron chi connectivity index (χ4n) is 2.65. The van der Waals surface area contributed by atoms with Crippen LogP contribution in [0.4, 0.5) is 16.2 Å². The van der Waals surface area contributed by atoms with E-state index in [1.807, 2.05) is 12.1 Å². The molecular formula is C21H18N6O3. The lowest BCUT2D eigenvalue weighted by atomic mass is 10.3. The molecule has 2 heterocycles. The highest BCUT2D eigenvalue weighted by atomic mass is 16.5. The summed E-state index contributed by atoms with van der Waals surface area (Å²) in [5, 5.41) is 17.7. The molecule has 9 nitrogen and oxygen atoms in total. The number of benzene rings is 2. The van der Waals surface area contributed by atoms with E-state index in [2.05, 4.69) is 25.9 Å². The maximum atomic E-state index is 12.2. The van der Waals surface area contributed by atoms with Crippen molar-refractivity contribution in [1.29, 1.82) is 0 Å². The summed E-state index contributed by atoms with van der Waals surface area (Å²) in [4.78, 5) is 12.2. The molecule has 4 aromatic rings. The number of aromatic nitrogens is 4. The van der Waals surface area contributed by atoms with Gasteiger partial charge in [-0.15, -0.1) is 10.2 Å². The molecule has 0 fully saturated rings. The van der Waals surface area contributed by atoms with Gasteiger partial charge in [0.2, 0.25) is 5.88 Å². The van der Waals surface area contributed by atoms with E-state index in [-0.39, 0.29) is 6.03 Å². The third kappa shape index (κ3) is 4.53. The Labute approximate surface area is 172 Å². The van der Waals surface area contributed by atoms with Crippen LogP contribution in [0.25, 0.3) is 5.82 Å². The van der Waals surface area contributed by atoms with E-state index in [1.165, 1.54) is 0 Å². The molecule has 2 aromatic heterocycles. The highest BCUT2D eigenvalue weighted by Gasteiger charge is 2.08. The minimum Gasteiger partial charge on any atom is -0.495 e. The number of rotatable bonds is 6. The number of ether oxygens (including phenoxy) is 2. The second-order valence-corrected chi connectivity index (χ2v) is 6.09. The van der Waals surface area contributed by atoms with Gasteiger partial charge in [0.05, 0.1) is 12.8 Å². The van der Waals surface area contributed by atoms with Crippen LogP contribution in [0.2, 0.25) is 0 Å². The maximum Gasteiger partial charge on any atom is 0.323 e. The molecule has 150 valence electrons. The van der Waals surface area contributed by atoms with Crippen LogP contribution in [0, 0.1) is 0 Å². The molecule has 9 heteroatoms. The summed E-state index contributed by atoms with van der Waals surface area (Å²) in [5.74, 6) is 2.08. The summed E-state index contributed by atoms with van der Waals surface area (Å²) in [6.45, 7) is 0. The quantitative estimate of drug-likeness (QED) is 0.503. The molecule has 0 spiro atoms. The third-order valence-electron chi connectivity index (χ3n) is 4.05. The van der Waals surface area contributed by atoms with E-state index in [4.69, 9.17) is 9.47 Å².